The number of hydrogen-bond acceptors (Lipinski definition) is 1. The van der Waals surface area contributed by atoms with Crippen LogP contribution >= 0.6 is 23.2 Å². The van der Waals surface area contributed by atoms with Gasteiger partial charge in [-0.25, -0.2) is 0 Å². The van der Waals surface area contributed by atoms with Gasteiger partial charge in [-0.15, -0.1) is 0 Å². The zero-order chi connectivity index (χ0) is 10.1. The van der Waals surface area contributed by atoms with E-state index in [-0.39, 0.29) is 5.91 Å². The zero-order valence-corrected chi connectivity index (χ0v) is 9.52. The normalized spacial score (nSPS) is 35.2. The van der Waals surface area contributed by atoms with Gasteiger partial charge in [0.25, 0.3) is 5.91 Å². The Morgan fingerprint density at radius 2 is 2.14 bits per heavy atom. The largest absolute Gasteiger partial charge is 0.353 e. The molecule has 2 aliphatic rings. The molecule has 4 heteroatoms. The first kappa shape index (κ1) is 10.6. The fraction of sp³-hybridized carbons (Fsp3) is 0.900. The number of nitrogens with one attached hydrogen (secondary N) is 1. The Morgan fingerprint density at radius 3 is 2.64 bits per heavy atom. The van der Waals surface area contributed by atoms with Gasteiger partial charge in [0.1, 0.15) is 0 Å². The predicted molar refractivity (Wildman–Crippen MR) is 57.4 cm³/mol. The third-order valence-electron chi connectivity index (χ3n) is 3.62. The van der Waals surface area contributed by atoms with Crippen LogP contribution < -0.4 is 5.32 Å². The van der Waals surface area contributed by atoms with E-state index in [0.29, 0.717) is 5.92 Å². The Labute approximate surface area is 94.3 Å². The Bertz CT molecular complexity index is 232. The molecule has 2 unspecified atom stereocenters. The Hall–Kier alpha value is 0.0500. The maximum Gasteiger partial charge on any atom is 0.253 e. The summed E-state index contributed by atoms with van der Waals surface area (Å²) in [5, 5.41) is 2.81. The van der Waals surface area contributed by atoms with Crippen LogP contribution in [0.3, 0.4) is 0 Å². The average Bonchev–Trinajstić information content (AvgIpc) is 2.74. The van der Waals surface area contributed by atoms with Gasteiger partial charge >= 0.3 is 0 Å². The number of fused-ring (bicyclic) bond motifs is 2. The third kappa shape index (κ3) is 2.17. The highest BCUT2D eigenvalue weighted by molar-refractivity contribution is 6.53. The minimum atomic E-state index is -0.923. The van der Waals surface area contributed by atoms with E-state index in [0.717, 1.165) is 18.4 Å². The molecule has 2 saturated carbocycles. The predicted octanol–water partition coefficient (Wildman–Crippen LogP) is 2.34. The van der Waals surface area contributed by atoms with E-state index in [9.17, 15) is 4.79 Å². The molecule has 2 rings (SSSR count). The second-order valence-corrected chi connectivity index (χ2v) is 5.58. The van der Waals surface area contributed by atoms with Crippen molar-refractivity contribution in [2.45, 2.75) is 30.5 Å². The lowest BCUT2D eigenvalue weighted by Gasteiger charge is -2.21. The molecule has 2 bridgehead atoms. The molecule has 0 aliphatic heterocycles. The fourth-order valence-electron chi connectivity index (χ4n) is 2.94. The fourth-order valence-corrected chi connectivity index (χ4v) is 3.09. The monoisotopic (exact) mass is 235 g/mol. The lowest BCUT2D eigenvalue weighted by Crippen LogP contribution is -2.34. The molecule has 0 radical (unpaired) electrons. The van der Waals surface area contributed by atoms with Crippen molar-refractivity contribution in [2.75, 3.05) is 6.54 Å². The zero-order valence-electron chi connectivity index (χ0n) is 8.01. The number of rotatable bonds is 3. The van der Waals surface area contributed by atoms with Crippen LogP contribution in [0.1, 0.15) is 25.7 Å². The molecule has 0 aromatic carbocycles. The molecule has 0 aromatic heterocycles. The van der Waals surface area contributed by atoms with Crippen molar-refractivity contribution >= 4 is 29.1 Å². The molecule has 2 nitrogen and oxygen atoms in total. The summed E-state index contributed by atoms with van der Waals surface area (Å²) in [5.74, 6) is 2.18. The van der Waals surface area contributed by atoms with Gasteiger partial charge in [-0.1, -0.05) is 29.6 Å². The van der Waals surface area contributed by atoms with Crippen LogP contribution in [0, 0.1) is 17.8 Å². The van der Waals surface area contributed by atoms with Crippen LogP contribution in [0.5, 0.6) is 0 Å². The Morgan fingerprint density at radius 1 is 1.36 bits per heavy atom. The summed E-state index contributed by atoms with van der Waals surface area (Å²) in [4.78, 5) is 10.2. The molecule has 0 heterocycles. The molecule has 0 aromatic rings. The molecule has 2 aliphatic carbocycles. The minimum absolute atomic E-state index is 0.254. The first-order chi connectivity index (χ1) is 6.66. The third-order valence-corrected chi connectivity index (χ3v) is 4.02. The molecule has 14 heavy (non-hydrogen) atoms. The van der Waals surface area contributed by atoms with Gasteiger partial charge < -0.3 is 5.32 Å². The summed E-state index contributed by atoms with van der Waals surface area (Å²) < 4.78 is 0. The molecule has 80 valence electrons. The van der Waals surface area contributed by atoms with Crippen molar-refractivity contribution < 1.29 is 4.79 Å². The second-order valence-electron chi connectivity index (χ2n) is 4.48. The van der Waals surface area contributed by atoms with Crippen molar-refractivity contribution in [3.05, 3.63) is 0 Å². The molecule has 3 atom stereocenters. The Kier molecular flexibility index (Phi) is 3.23. The van der Waals surface area contributed by atoms with Crippen LogP contribution in [0.4, 0.5) is 0 Å². The van der Waals surface area contributed by atoms with Crippen LogP contribution in [-0.4, -0.2) is 17.3 Å². The summed E-state index contributed by atoms with van der Waals surface area (Å²) in [6.45, 7) is 0.760. The molecular weight excluding hydrogens is 221 g/mol. The van der Waals surface area contributed by atoms with Gasteiger partial charge in [0, 0.05) is 6.54 Å². The lowest BCUT2D eigenvalue weighted by molar-refractivity contribution is -0.119. The van der Waals surface area contributed by atoms with E-state index in [2.05, 4.69) is 5.32 Å². The van der Waals surface area contributed by atoms with Gasteiger partial charge in [-0.2, -0.15) is 0 Å². The minimum Gasteiger partial charge on any atom is -0.353 e. The van der Waals surface area contributed by atoms with Gasteiger partial charge in [0.05, 0.1) is 0 Å². The highest BCUT2D eigenvalue weighted by Crippen LogP contribution is 2.47. The van der Waals surface area contributed by atoms with Crippen LogP contribution in [0.15, 0.2) is 0 Å². The summed E-state index contributed by atoms with van der Waals surface area (Å²) in [5.41, 5.74) is 0. The van der Waals surface area contributed by atoms with E-state index in [1.807, 2.05) is 0 Å². The second kappa shape index (κ2) is 4.28. The number of alkyl halides is 2. The quantitative estimate of drug-likeness (QED) is 0.748. The highest BCUT2D eigenvalue weighted by atomic mass is 35.5. The van der Waals surface area contributed by atoms with Gasteiger partial charge in [0.2, 0.25) is 0 Å². The van der Waals surface area contributed by atoms with E-state index in [4.69, 9.17) is 23.2 Å². The highest BCUT2D eigenvalue weighted by Gasteiger charge is 2.39. The summed E-state index contributed by atoms with van der Waals surface area (Å²) >= 11 is 10.9. The maximum atomic E-state index is 11.1. The first-order valence-electron chi connectivity index (χ1n) is 5.22. The SMILES string of the molecule is O=C(NC[C@@H]1CC2CCC1C2)C(Cl)Cl. The molecule has 2 fully saturated rings. The van der Waals surface area contributed by atoms with Gasteiger partial charge in [-0.3, -0.25) is 4.79 Å². The van der Waals surface area contributed by atoms with Crippen LogP contribution in [-0.2, 0) is 4.79 Å². The average molecular weight is 236 g/mol. The summed E-state index contributed by atoms with van der Waals surface area (Å²) in [6, 6.07) is 0. The smallest absolute Gasteiger partial charge is 0.253 e. The number of halogens is 2. The Balaban J connectivity index is 1.74. The summed E-state index contributed by atoms with van der Waals surface area (Å²) in [6.07, 6.45) is 5.38. The van der Waals surface area contributed by atoms with Crippen LogP contribution in [0.25, 0.3) is 0 Å². The van der Waals surface area contributed by atoms with Crippen LogP contribution in [0.2, 0.25) is 0 Å². The van der Waals surface area contributed by atoms with Crippen molar-refractivity contribution in [1.82, 2.24) is 5.32 Å². The van der Waals surface area contributed by atoms with Gasteiger partial charge in [-0.05, 0) is 37.0 Å². The number of carbonyl (C=O) groups is 1. The summed E-state index contributed by atoms with van der Waals surface area (Å²) in [7, 11) is 0. The van der Waals surface area contributed by atoms with Crippen molar-refractivity contribution in [1.29, 1.82) is 0 Å². The first-order valence-corrected chi connectivity index (χ1v) is 6.10. The number of amides is 1. The maximum absolute atomic E-state index is 11.1. The van der Waals surface area contributed by atoms with E-state index >= 15 is 0 Å². The number of hydrogen-bond donors (Lipinski definition) is 1. The van der Waals surface area contributed by atoms with Gasteiger partial charge in [0.15, 0.2) is 4.84 Å². The molecule has 1 amide bonds. The van der Waals surface area contributed by atoms with E-state index in [1.165, 1.54) is 25.7 Å². The topological polar surface area (TPSA) is 29.1 Å². The van der Waals surface area contributed by atoms with Crippen molar-refractivity contribution in [3.8, 4) is 0 Å². The standard InChI is InChI=1S/C10H15Cl2NO/c11-9(12)10(14)13-5-8-4-6-1-2-7(8)3-6/h6-9H,1-5H2,(H,13,14)/t6?,7?,8-/m0/s1. The number of carbonyl (C=O) groups excluding carboxylic acids is 1. The van der Waals surface area contributed by atoms with E-state index < -0.39 is 4.84 Å². The molecule has 0 saturated heterocycles. The van der Waals surface area contributed by atoms with Crippen molar-refractivity contribution in [3.63, 3.8) is 0 Å². The molecule has 0 spiro atoms. The van der Waals surface area contributed by atoms with Crippen molar-refractivity contribution in [2.24, 2.45) is 17.8 Å². The molecular formula is C10H15Cl2NO. The van der Waals surface area contributed by atoms with E-state index in [1.54, 1.807) is 0 Å². The molecule has 1 N–H and O–H groups in total. The lowest BCUT2D eigenvalue weighted by atomic mass is 9.89.